The van der Waals surface area contributed by atoms with Crippen molar-refractivity contribution in [2.24, 2.45) is 23.7 Å². The molecule has 1 atom stereocenters. The molecule has 0 heterocycles. The fraction of sp³-hybridized carbons (Fsp3) is 1.00. The van der Waals surface area contributed by atoms with Crippen molar-refractivity contribution in [3.8, 4) is 0 Å². The smallest absolute Gasteiger partial charge is 0.0540 e. The van der Waals surface area contributed by atoms with Gasteiger partial charge in [-0.05, 0) is 69.1 Å². The quantitative estimate of drug-likeness (QED) is 0.751. The zero-order valence-electron chi connectivity index (χ0n) is 11.0. The third-order valence-corrected chi connectivity index (χ3v) is 5.23. The molecule has 0 radical (unpaired) electrons. The van der Waals surface area contributed by atoms with Crippen LogP contribution < -0.4 is 0 Å². The molecule has 2 rings (SSSR count). The van der Waals surface area contributed by atoms with E-state index in [0.29, 0.717) is 5.92 Å². The molecule has 1 heteroatoms. The van der Waals surface area contributed by atoms with Gasteiger partial charge in [0.25, 0.3) is 0 Å². The van der Waals surface area contributed by atoms with Crippen LogP contribution in [0, 0.1) is 23.7 Å². The van der Waals surface area contributed by atoms with E-state index in [1.54, 1.807) is 0 Å². The molecule has 1 unspecified atom stereocenters. The van der Waals surface area contributed by atoms with Gasteiger partial charge < -0.3 is 5.11 Å². The zero-order chi connectivity index (χ0) is 11.5. The Morgan fingerprint density at radius 3 is 1.69 bits per heavy atom. The predicted octanol–water partition coefficient (Wildman–Crippen LogP) is 4.00. The highest BCUT2D eigenvalue weighted by Crippen LogP contribution is 2.41. The fourth-order valence-electron chi connectivity index (χ4n) is 3.86. The minimum absolute atomic E-state index is 0.0765. The van der Waals surface area contributed by atoms with Gasteiger partial charge >= 0.3 is 0 Å². The molecule has 2 aliphatic rings. The molecule has 0 aliphatic heterocycles. The summed E-state index contributed by atoms with van der Waals surface area (Å²) in [4.78, 5) is 0. The van der Waals surface area contributed by atoms with Crippen molar-refractivity contribution in [1.29, 1.82) is 0 Å². The predicted molar refractivity (Wildman–Crippen MR) is 68.3 cm³/mol. The first-order valence-electron chi connectivity index (χ1n) is 7.35. The Labute approximate surface area is 101 Å². The largest absolute Gasteiger partial charge is 0.393 e. The van der Waals surface area contributed by atoms with Crippen LogP contribution in [0.25, 0.3) is 0 Å². The molecular weight excluding hydrogens is 196 g/mol. The number of aliphatic hydroxyl groups excluding tert-OH is 1. The Kier molecular flexibility index (Phi) is 4.29. The van der Waals surface area contributed by atoms with E-state index in [2.05, 4.69) is 6.92 Å². The summed E-state index contributed by atoms with van der Waals surface area (Å²) in [6.45, 7) is 4.37. The standard InChI is InChI=1S/C15H28O/c1-11-3-5-14(6-4-11)15-9-7-13(8-10-15)12(2)16/h11-16H,3-10H2,1-2H3. The molecule has 0 spiro atoms. The highest BCUT2D eigenvalue weighted by Gasteiger charge is 2.30. The maximum atomic E-state index is 9.61. The van der Waals surface area contributed by atoms with Gasteiger partial charge in [-0.3, -0.25) is 0 Å². The van der Waals surface area contributed by atoms with Crippen LogP contribution in [-0.4, -0.2) is 11.2 Å². The van der Waals surface area contributed by atoms with Crippen LogP contribution in [0.1, 0.15) is 65.2 Å². The van der Waals surface area contributed by atoms with Gasteiger partial charge in [-0.25, -0.2) is 0 Å². The molecule has 2 aliphatic carbocycles. The molecule has 1 nitrogen and oxygen atoms in total. The van der Waals surface area contributed by atoms with Crippen molar-refractivity contribution in [3.05, 3.63) is 0 Å². The molecule has 0 aromatic carbocycles. The van der Waals surface area contributed by atoms with E-state index >= 15 is 0 Å². The van der Waals surface area contributed by atoms with E-state index in [1.807, 2.05) is 6.92 Å². The van der Waals surface area contributed by atoms with Crippen LogP contribution in [0.2, 0.25) is 0 Å². The van der Waals surface area contributed by atoms with E-state index in [0.717, 1.165) is 17.8 Å². The maximum absolute atomic E-state index is 9.61. The van der Waals surface area contributed by atoms with Gasteiger partial charge in [0.2, 0.25) is 0 Å². The number of rotatable bonds is 2. The first kappa shape index (κ1) is 12.4. The molecule has 1 N–H and O–H groups in total. The van der Waals surface area contributed by atoms with Crippen molar-refractivity contribution >= 4 is 0 Å². The van der Waals surface area contributed by atoms with Gasteiger partial charge in [-0.15, -0.1) is 0 Å². The maximum Gasteiger partial charge on any atom is 0.0540 e. The molecule has 0 aromatic heterocycles. The Morgan fingerprint density at radius 2 is 1.25 bits per heavy atom. The third kappa shape index (κ3) is 3.00. The van der Waals surface area contributed by atoms with Crippen molar-refractivity contribution in [3.63, 3.8) is 0 Å². The fourth-order valence-corrected chi connectivity index (χ4v) is 3.86. The van der Waals surface area contributed by atoms with Gasteiger partial charge in [0, 0.05) is 0 Å². The second-order valence-electron chi connectivity index (χ2n) is 6.44. The minimum Gasteiger partial charge on any atom is -0.393 e. The van der Waals surface area contributed by atoms with Crippen LogP contribution in [-0.2, 0) is 0 Å². The summed E-state index contributed by atoms with van der Waals surface area (Å²) >= 11 is 0. The summed E-state index contributed by atoms with van der Waals surface area (Å²) in [6, 6.07) is 0. The normalized spacial score (nSPS) is 42.9. The Balaban J connectivity index is 1.76. The van der Waals surface area contributed by atoms with Crippen molar-refractivity contribution in [2.75, 3.05) is 0 Å². The molecule has 0 amide bonds. The molecule has 0 aromatic rings. The summed E-state index contributed by atoms with van der Waals surface area (Å²) in [5.41, 5.74) is 0. The Bertz CT molecular complexity index is 195. The van der Waals surface area contributed by atoms with Crippen LogP contribution >= 0.6 is 0 Å². The van der Waals surface area contributed by atoms with Gasteiger partial charge in [-0.2, -0.15) is 0 Å². The van der Waals surface area contributed by atoms with E-state index in [1.165, 1.54) is 51.4 Å². The lowest BCUT2D eigenvalue weighted by atomic mass is 9.69. The zero-order valence-corrected chi connectivity index (χ0v) is 11.0. The third-order valence-electron chi connectivity index (χ3n) is 5.23. The topological polar surface area (TPSA) is 20.2 Å². The highest BCUT2D eigenvalue weighted by atomic mass is 16.3. The van der Waals surface area contributed by atoms with Crippen LogP contribution in [0.4, 0.5) is 0 Å². The van der Waals surface area contributed by atoms with Crippen LogP contribution in [0.15, 0.2) is 0 Å². The number of aliphatic hydroxyl groups is 1. The van der Waals surface area contributed by atoms with E-state index in [9.17, 15) is 5.11 Å². The van der Waals surface area contributed by atoms with Crippen molar-refractivity contribution in [1.82, 2.24) is 0 Å². The summed E-state index contributed by atoms with van der Waals surface area (Å²) < 4.78 is 0. The Hall–Kier alpha value is -0.0400. The van der Waals surface area contributed by atoms with E-state index in [4.69, 9.17) is 0 Å². The SMILES string of the molecule is CC1CCC(C2CCC(C(C)O)CC2)CC1. The molecule has 2 saturated carbocycles. The van der Waals surface area contributed by atoms with Gasteiger partial charge in [0.05, 0.1) is 6.10 Å². The summed E-state index contributed by atoms with van der Waals surface area (Å²) in [6.07, 6.45) is 11.1. The molecule has 94 valence electrons. The lowest BCUT2D eigenvalue weighted by Crippen LogP contribution is -2.28. The van der Waals surface area contributed by atoms with Gasteiger partial charge in [0.1, 0.15) is 0 Å². The molecular formula is C15H28O. The average molecular weight is 224 g/mol. The second kappa shape index (κ2) is 5.53. The average Bonchev–Trinajstić information content (AvgIpc) is 2.30. The van der Waals surface area contributed by atoms with Crippen molar-refractivity contribution in [2.45, 2.75) is 71.3 Å². The first-order chi connectivity index (χ1) is 7.66. The second-order valence-corrected chi connectivity index (χ2v) is 6.44. The summed E-state index contributed by atoms with van der Waals surface area (Å²) in [5.74, 6) is 3.58. The van der Waals surface area contributed by atoms with Gasteiger partial charge in [0.15, 0.2) is 0 Å². The van der Waals surface area contributed by atoms with Crippen LogP contribution in [0.5, 0.6) is 0 Å². The van der Waals surface area contributed by atoms with Crippen molar-refractivity contribution < 1.29 is 5.11 Å². The molecule has 16 heavy (non-hydrogen) atoms. The molecule has 2 fully saturated rings. The van der Waals surface area contributed by atoms with E-state index in [-0.39, 0.29) is 6.10 Å². The molecule has 0 bridgehead atoms. The summed E-state index contributed by atoms with van der Waals surface area (Å²) in [7, 11) is 0. The van der Waals surface area contributed by atoms with Crippen LogP contribution in [0.3, 0.4) is 0 Å². The number of hydrogen-bond donors (Lipinski definition) is 1. The monoisotopic (exact) mass is 224 g/mol. The molecule has 0 saturated heterocycles. The first-order valence-corrected chi connectivity index (χ1v) is 7.35. The summed E-state index contributed by atoms with van der Waals surface area (Å²) in [5, 5.41) is 9.61. The lowest BCUT2D eigenvalue weighted by molar-refractivity contribution is 0.0692. The Morgan fingerprint density at radius 1 is 0.812 bits per heavy atom. The highest BCUT2D eigenvalue weighted by molar-refractivity contribution is 4.82. The van der Waals surface area contributed by atoms with Gasteiger partial charge in [-0.1, -0.05) is 19.8 Å². The number of hydrogen-bond acceptors (Lipinski definition) is 1. The lowest BCUT2D eigenvalue weighted by Gasteiger charge is -2.37. The minimum atomic E-state index is -0.0765. The van der Waals surface area contributed by atoms with E-state index < -0.39 is 0 Å².